The number of amides is 2. The minimum Gasteiger partial charge on any atom is -0.494 e. The van der Waals surface area contributed by atoms with Gasteiger partial charge in [0, 0.05) is 18.7 Å². The van der Waals surface area contributed by atoms with Gasteiger partial charge in [0.25, 0.3) is 0 Å². The van der Waals surface area contributed by atoms with Crippen molar-refractivity contribution in [3.05, 3.63) is 54.1 Å². The number of hydrogen-bond acceptors (Lipinski definition) is 7. The fourth-order valence-corrected chi connectivity index (χ4v) is 4.24. The van der Waals surface area contributed by atoms with Crippen LogP contribution < -0.4 is 10.1 Å². The fourth-order valence-electron chi connectivity index (χ4n) is 3.08. The smallest absolute Gasteiger partial charge is 0.337 e. The van der Waals surface area contributed by atoms with E-state index in [1.165, 1.54) is 18.9 Å². The lowest BCUT2D eigenvalue weighted by Crippen LogP contribution is -2.45. The van der Waals surface area contributed by atoms with Gasteiger partial charge in [0.2, 0.25) is 11.8 Å². The van der Waals surface area contributed by atoms with E-state index in [1.807, 2.05) is 13.8 Å². The maximum absolute atomic E-state index is 12.8. The first-order valence-electron chi connectivity index (χ1n) is 10.2. The van der Waals surface area contributed by atoms with Gasteiger partial charge in [0.05, 0.1) is 25.0 Å². The molecule has 3 rings (SSSR count). The monoisotopic (exact) mass is 455 g/mol. The maximum atomic E-state index is 12.8. The van der Waals surface area contributed by atoms with E-state index in [1.54, 1.807) is 53.4 Å². The molecule has 0 aliphatic carbocycles. The number of ether oxygens (including phenoxy) is 2. The number of carbonyl (C=O) groups is 3. The number of nitrogens with one attached hydrogen (secondary N) is 1. The zero-order chi connectivity index (χ0) is 23.1. The second kappa shape index (κ2) is 10.8. The predicted molar refractivity (Wildman–Crippen MR) is 125 cm³/mol. The number of carbonyl (C=O) groups excluding carboxylic acids is 3. The highest BCUT2D eigenvalue weighted by Crippen LogP contribution is 2.30. The van der Waals surface area contributed by atoms with E-state index in [-0.39, 0.29) is 18.2 Å². The largest absolute Gasteiger partial charge is 0.494 e. The van der Waals surface area contributed by atoms with Crippen LogP contribution in [-0.4, -0.2) is 53.4 Å². The summed E-state index contributed by atoms with van der Waals surface area (Å²) in [5.74, 6) is -0.147. The Balaban J connectivity index is 1.75. The summed E-state index contributed by atoms with van der Waals surface area (Å²) in [5, 5.41) is 2.69. The van der Waals surface area contributed by atoms with E-state index in [9.17, 15) is 14.4 Å². The van der Waals surface area contributed by atoms with Gasteiger partial charge in [-0.1, -0.05) is 11.8 Å². The minimum atomic E-state index is -0.607. The molecule has 2 amide bonds. The molecule has 9 heteroatoms. The highest BCUT2D eigenvalue weighted by molar-refractivity contribution is 8.15. The number of thioether (sulfide) groups is 1. The molecule has 0 bridgehead atoms. The molecule has 1 fully saturated rings. The van der Waals surface area contributed by atoms with Crippen molar-refractivity contribution in [2.24, 2.45) is 4.99 Å². The number of hydrogen-bond donors (Lipinski definition) is 1. The van der Waals surface area contributed by atoms with Crippen molar-refractivity contribution in [3.8, 4) is 5.75 Å². The van der Waals surface area contributed by atoms with Gasteiger partial charge < -0.3 is 14.8 Å². The number of nitrogens with zero attached hydrogens (tertiary/aromatic N) is 2. The molecular weight excluding hydrogens is 430 g/mol. The molecule has 168 valence electrons. The van der Waals surface area contributed by atoms with Crippen molar-refractivity contribution in [2.45, 2.75) is 25.5 Å². The predicted octanol–water partition coefficient (Wildman–Crippen LogP) is 3.85. The minimum absolute atomic E-state index is 0.0850. The molecule has 1 saturated heterocycles. The van der Waals surface area contributed by atoms with Crippen molar-refractivity contribution >= 4 is 46.1 Å². The molecule has 8 nitrogen and oxygen atoms in total. The highest BCUT2D eigenvalue weighted by atomic mass is 32.2. The zero-order valence-electron chi connectivity index (χ0n) is 18.2. The summed E-state index contributed by atoms with van der Waals surface area (Å²) in [6.07, 6.45) is 0.0850. The molecular formula is C23H25N3O5S. The SMILES string of the molecule is CCOc1ccc(NC(=O)[C@H]2CC(=O)N(CC)C(=Nc3ccc(C(=O)OC)cc3)S2)cc1. The Bertz CT molecular complexity index is 1010. The number of methoxy groups -OCH3 is 1. The van der Waals surface area contributed by atoms with Gasteiger partial charge >= 0.3 is 5.97 Å². The van der Waals surface area contributed by atoms with Gasteiger partial charge in [-0.25, -0.2) is 9.79 Å². The topological polar surface area (TPSA) is 97.3 Å². The number of rotatable bonds is 7. The van der Waals surface area contributed by atoms with Crippen LogP contribution in [0.15, 0.2) is 53.5 Å². The van der Waals surface area contributed by atoms with Crippen LogP contribution in [-0.2, 0) is 14.3 Å². The van der Waals surface area contributed by atoms with Crippen molar-refractivity contribution in [3.63, 3.8) is 0 Å². The molecule has 1 atom stereocenters. The highest BCUT2D eigenvalue weighted by Gasteiger charge is 2.35. The lowest BCUT2D eigenvalue weighted by atomic mass is 10.2. The Morgan fingerprint density at radius 1 is 1.12 bits per heavy atom. The molecule has 1 heterocycles. The van der Waals surface area contributed by atoms with Crippen LogP contribution in [0, 0.1) is 0 Å². The normalized spacial score (nSPS) is 17.2. The van der Waals surface area contributed by atoms with E-state index in [0.717, 1.165) is 5.75 Å². The van der Waals surface area contributed by atoms with Crippen LogP contribution >= 0.6 is 11.8 Å². The second-order valence-electron chi connectivity index (χ2n) is 6.83. The van der Waals surface area contributed by atoms with Crippen LogP contribution in [0.25, 0.3) is 0 Å². The lowest BCUT2D eigenvalue weighted by molar-refractivity contribution is -0.129. The van der Waals surface area contributed by atoms with Crippen molar-refractivity contribution in [1.29, 1.82) is 0 Å². The molecule has 1 aliphatic heterocycles. The lowest BCUT2D eigenvalue weighted by Gasteiger charge is -2.30. The summed E-state index contributed by atoms with van der Waals surface area (Å²) in [7, 11) is 1.32. The van der Waals surface area contributed by atoms with E-state index in [0.29, 0.717) is 35.3 Å². The third-order valence-electron chi connectivity index (χ3n) is 4.69. The summed E-state index contributed by atoms with van der Waals surface area (Å²) in [5.41, 5.74) is 1.60. The zero-order valence-corrected chi connectivity index (χ0v) is 19.0. The number of amidine groups is 1. The Labute approximate surface area is 191 Å². The van der Waals surface area contributed by atoms with Crippen LogP contribution in [0.5, 0.6) is 5.75 Å². The van der Waals surface area contributed by atoms with Crippen LogP contribution in [0.2, 0.25) is 0 Å². The summed E-state index contributed by atoms with van der Waals surface area (Å²) in [6, 6.07) is 13.6. The molecule has 2 aromatic carbocycles. The average Bonchev–Trinajstić information content (AvgIpc) is 2.80. The van der Waals surface area contributed by atoms with E-state index in [4.69, 9.17) is 9.47 Å². The Kier molecular flexibility index (Phi) is 7.88. The summed E-state index contributed by atoms with van der Waals surface area (Å²) >= 11 is 1.24. The van der Waals surface area contributed by atoms with Gasteiger partial charge in [-0.15, -0.1) is 0 Å². The Hall–Kier alpha value is -3.33. The molecule has 0 aromatic heterocycles. The summed E-state index contributed by atoms with van der Waals surface area (Å²) in [6.45, 7) is 4.76. The third-order valence-corrected chi connectivity index (χ3v) is 5.88. The van der Waals surface area contributed by atoms with Crippen molar-refractivity contribution in [1.82, 2.24) is 4.90 Å². The molecule has 2 aromatic rings. The van der Waals surface area contributed by atoms with Crippen LogP contribution in [0.1, 0.15) is 30.6 Å². The third kappa shape index (κ3) is 5.67. The maximum Gasteiger partial charge on any atom is 0.337 e. The van der Waals surface area contributed by atoms with E-state index in [2.05, 4.69) is 10.3 Å². The number of aliphatic imine (C=N–C) groups is 1. The number of anilines is 1. The molecule has 32 heavy (non-hydrogen) atoms. The van der Waals surface area contributed by atoms with E-state index >= 15 is 0 Å². The van der Waals surface area contributed by atoms with Crippen LogP contribution in [0.3, 0.4) is 0 Å². The molecule has 1 N–H and O–H groups in total. The quantitative estimate of drug-likeness (QED) is 0.637. The Morgan fingerprint density at radius 3 is 2.41 bits per heavy atom. The van der Waals surface area contributed by atoms with Crippen LogP contribution in [0.4, 0.5) is 11.4 Å². The van der Waals surface area contributed by atoms with Gasteiger partial charge in [0.15, 0.2) is 5.17 Å². The standard InChI is InChI=1S/C23H25N3O5S/c1-4-26-20(27)14-19(21(28)24-16-10-12-18(13-11-16)31-5-2)32-23(26)25-17-8-6-15(7-9-17)22(29)30-3/h6-13,19H,4-5,14H2,1-3H3,(H,24,28)/t19-/m1/s1. The first kappa shape index (κ1) is 23.3. The fraction of sp³-hybridized carbons (Fsp3) is 0.304. The van der Waals surface area contributed by atoms with Gasteiger partial charge in [-0.3, -0.25) is 14.5 Å². The second-order valence-corrected chi connectivity index (χ2v) is 8.00. The van der Waals surface area contributed by atoms with Gasteiger partial charge in [0.1, 0.15) is 11.0 Å². The molecule has 0 radical (unpaired) electrons. The Morgan fingerprint density at radius 2 is 1.81 bits per heavy atom. The first-order valence-corrected chi connectivity index (χ1v) is 11.1. The summed E-state index contributed by atoms with van der Waals surface area (Å²) in [4.78, 5) is 43.2. The number of benzene rings is 2. The molecule has 0 unspecified atom stereocenters. The van der Waals surface area contributed by atoms with Crippen molar-refractivity contribution in [2.75, 3.05) is 25.6 Å². The van der Waals surface area contributed by atoms with Gasteiger partial charge in [-0.2, -0.15) is 0 Å². The summed E-state index contributed by atoms with van der Waals surface area (Å²) < 4.78 is 10.1. The number of esters is 1. The van der Waals surface area contributed by atoms with E-state index < -0.39 is 11.2 Å². The molecule has 1 aliphatic rings. The molecule has 0 saturated carbocycles. The average molecular weight is 456 g/mol. The van der Waals surface area contributed by atoms with Gasteiger partial charge in [-0.05, 0) is 62.4 Å². The molecule has 0 spiro atoms. The van der Waals surface area contributed by atoms with Crippen molar-refractivity contribution < 1.29 is 23.9 Å². The first-order chi connectivity index (χ1) is 15.4.